The highest BCUT2D eigenvalue weighted by Gasteiger charge is 2.37. The summed E-state index contributed by atoms with van der Waals surface area (Å²) < 4.78 is 23.6. The molecule has 0 bridgehead atoms. The zero-order valence-electron chi connectivity index (χ0n) is 15.5. The van der Waals surface area contributed by atoms with Crippen molar-refractivity contribution in [1.29, 1.82) is 0 Å². The number of likely N-dealkylation sites (tertiary alicyclic amines) is 1. The molecular formula is C17H33N3O3S. The molecule has 2 aliphatic rings. The van der Waals surface area contributed by atoms with E-state index >= 15 is 0 Å². The number of carbonyl (C=O) groups excluding carboxylic acids is 1. The SMILES string of the molecule is CC(C)CN(C(=O)CN1CCC(N)C(C)(C)C1)C1CCS(=O)(=O)C1. The van der Waals surface area contributed by atoms with Crippen LogP contribution in [0.5, 0.6) is 0 Å². The Hall–Kier alpha value is -0.660. The van der Waals surface area contributed by atoms with Crippen LogP contribution in [0.3, 0.4) is 0 Å². The lowest BCUT2D eigenvalue weighted by molar-refractivity contribution is -0.135. The molecule has 0 aliphatic carbocycles. The summed E-state index contributed by atoms with van der Waals surface area (Å²) in [7, 11) is -2.99. The first-order valence-electron chi connectivity index (χ1n) is 8.98. The van der Waals surface area contributed by atoms with Crippen molar-refractivity contribution in [3.05, 3.63) is 0 Å². The molecule has 2 aliphatic heterocycles. The number of hydrogen-bond acceptors (Lipinski definition) is 5. The van der Waals surface area contributed by atoms with Crippen molar-refractivity contribution < 1.29 is 13.2 Å². The molecule has 2 saturated heterocycles. The number of hydrogen-bond donors (Lipinski definition) is 1. The average Bonchev–Trinajstić information content (AvgIpc) is 2.79. The van der Waals surface area contributed by atoms with E-state index in [1.165, 1.54) is 0 Å². The van der Waals surface area contributed by atoms with Crippen molar-refractivity contribution in [3.63, 3.8) is 0 Å². The number of amides is 1. The van der Waals surface area contributed by atoms with Gasteiger partial charge in [-0.1, -0.05) is 27.7 Å². The fourth-order valence-electron chi connectivity index (χ4n) is 3.77. The molecule has 2 N–H and O–H groups in total. The first kappa shape index (κ1) is 19.7. The molecular weight excluding hydrogens is 326 g/mol. The predicted octanol–water partition coefficient (Wildman–Crippen LogP) is 0.717. The van der Waals surface area contributed by atoms with Gasteiger partial charge in [0, 0.05) is 31.7 Å². The normalized spacial score (nSPS) is 29.8. The van der Waals surface area contributed by atoms with E-state index in [1.807, 2.05) is 4.90 Å². The van der Waals surface area contributed by atoms with Gasteiger partial charge in [0.15, 0.2) is 9.84 Å². The molecule has 0 spiro atoms. The van der Waals surface area contributed by atoms with Crippen LogP contribution >= 0.6 is 0 Å². The van der Waals surface area contributed by atoms with Crippen LogP contribution in [0.4, 0.5) is 0 Å². The second-order valence-corrected chi connectivity index (χ2v) is 10.8. The van der Waals surface area contributed by atoms with Gasteiger partial charge in [-0.25, -0.2) is 8.42 Å². The van der Waals surface area contributed by atoms with E-state index in [4.69, 9.17) is 5.73 Å². The fraction of sp³-hybridized carbons (Fsp3) is 0.941. The van der Waals surface area contributed by atoms with Gasteiger partial charge in [-0.05, 0) is 24.2 Å². The second kappa shape index (κ2) is 7.30. The van der Waals surface area contributed by atoms with Crippen molar-refractivity contribution in [2.75, 3.05) is 37.7 Å². The molecule has 0 aromatic carbocycles. The van der Waals surface area contributed by atoms with Crippen LogP contribution in [0, 0.1) is 11.3 Å². The molecule has 2 fully saturated rings. The highest BCUT2D eigenvalue weighted by atomic mass is 32.2. The Morgan fingerprint density at radius 1 is 1.33 bits per heavy atom. The standard InChI is InChI=1S/C17H33N3O3S/c1-13(2)9-20(14-6-8-24(22,23)11-14)16(21)10-19-7-5-15(18)17(3,4)12-19/h13-15H,5-12,18H2,1-4H3. The highest BCUT2D eigenvalue weighted by molar-refractivity contribution is 7.91. The van der Waals surface area contributed by atoms with E-state index in [2.05, 4.69) is 32.6 Å². The molecule has 2 atom stereocenters. The summed E-state index contributed by atoms with van der Waals surface area (Å²) in [5, 5.41) is 0. The third-order valence-electron chi connectivity index (χ3n) is 5.28. The Morgan fingerprint density at radius 3 is 2.50 bits per heavy atom. The van der Waals surface area contributed by atoms with E-state index in [-0.39, 0.29) is 34.9 Å². The van der Waals surface area contributed by atoms with Crippen molar-refractivity contribution in [2.24, 2.45) is 17.1 Å². The minimum Gasteiger partial charge on any atom is -0.337 e. The molecule has 7 heteroatoms. The molecule has 0 aromatic rings. The van der Waals surface area contributed by atoms with Gasteiger partial charge in [-0.3, -0.25) is 9.69 Å². The van der Waals surface area contributed by atoms with Crippen molar-refractivity contribution in [3.8, 4) is 0 Å². The molecule has 2 unspecified atom stereocenters. The second-order valence-electron chi connectivity index (χ2n) is 8.59. The Balaban J connectivity index is 2.03. The molecule has 140 valence electrons. The van der Waals surface area contributed by atoms with Crippen LogP contribution in [0.1, 0.15) is 40.5 Å². The van der Waals surface area contributed by atoms with Gasteiger partial charge in [0.2, 0.25) is 5.91 Å². The van der Waals surface area contributed by atoms with E-state index < -0.39 is 9.84 Å². The molecule has 0 aromatic heterocycles. The predicted molar refractivity (Wildman–Crippen MR) is 96.4 cm³/mol. The molecule has 2 heterocycles. The summed E-state index contributed by atoms with van der Waals surface area (Å²) in [6.45, 7) is 11.0. The van der Waals surface area contributed by atoms with Gasteiger partial charge in [0.05, 0.1) is 18.1 Å². The number of nitrogens with zero attached hydrogens (tertiary/aromatic N) is 2. The summed E-state index contributed by atoms with van der Waals surface area (Å²) >= 11 is 0. The lowest BCUT2D eigenvalue weighted by atomic mass is 9.80. The van der Waals surface area contributed by atoms with Crippen LogP contribution in [0.15, 0.2) is 0 Å². The molecule has 0 radical (unpaired) electrons. The van der Waals surface area contributed by atoms with E-state index in [0.29, 0.717) is 25.4 Å². The van der Waals surface area contributed by atoms with Gasteiger partial charge >= 0.3 is 0 Å². The van der Waals surface area contributed by atoms with E-state index in [9.17, 15) is 13.2 Å². The Morgan fingerprint density at radius 2 is 2.00 bits per heavy atom. The van der Waals surface area contributed by atoms with Crippen LogP contribution in [-0.4, -0.2) is 73.9 Å². The van der Waals surface area contributed by atoms with Crippen molar-refractivity contribution in [1.82, 2.24) is 9.80 Å². The average molecular weight is 360 g/mol. The summed E-state index contributed by atoms with van der Waals surface area (Å²) in [5.41, 5.74) is 6.17. The third-order valence-corrected chi connectivity index (χ3v) is 7.03. The fourth-order valence-corrected chi connectivity index (χ4v) is 5.50. The third kappa shape index (κ3) is 4.92. The Bertz CT molecular complexity index is 559. The zero-order valence-corrected chi connectivity index (χ0v) is 16.3. The van der Waals surface area contributed by atoms with Crippen molar-refractivity contribution in [2.45, 2.75) is 52.6 Å². The molecule has 2 rings (SSSR count). The topological polar surface area (TPSA) is 83.7 Å². The first-order valence-corrected chi connectivity index (χ1v) is 10.8. The van der Waals surface area contributed by atoms with E-state index in [0.717, 1.165) is 19.5 Å². The molecule has 0 saturated carbocycles. The van der Waals surface area contributed by atoms with Crippen LogP contribution < -0.4 is 5.73 Å². The van der Waals surface area contributed by atoms with Gasteiger partial charge in [0.25, 0.3) is 0 Å². The first-order chi connectivity index (χ1) is 11.0. The maximum atomic E-state index is 12.9. The minimum atomic E-state index is -2.99. The van der Waals surface area contributed by atoms with E-state index in [1.54, 1.807) is 0 Å². The summed E-state index contributed by atoms with van der Waals surface area (Å²) in [4.78, 5) is 16.9. The zero-order chi connectivity index (χ0) is 18.1. The quantitative estimate of drug-likeness (QED) is 0.782. The number of sulfone groups is 1. The summed E-state index contributed by atoms with van der Waals surface area (Å²) in [5.74, 6) is 0.688. The van der Waals surface area contributed by atoms with Gasteiger partial charge in [0.1, 0.15) is 0 Å². The lowest BCUT2D eigenvalue weighted by Gasteiger charge is -2.43. The smallest absolute Gasteiger partial charge is 0.237 e. The number of rotatable bonds is 5. The van der Waals surface area contributed by atoms with Gasteiger partial charge in [-0.2, -0.15) is 0 Å². The minimum absolute atomic E-state index is 0.00188. The van der Waals surface area contributed by atoms with Crippen molar-refractivity contribution >= 4 is 15.7 Å². The lowest BCUT2D eigenvalue weighted by Crippen LogP contribution is -2.55. The molecule has 6 nitrogen and oxygen atoms in total. The number of piperidine rings is 1. The maximum absolute atomic E-state index is 12.9. The number of nitrogens with two attached hydrogens (primary N) is 1. The van der Waals surface area contributed by atoms with Gasteiger partial charge in [-0.15, -0.1) is 0 Å². The van der Waals surface area contributed by atoms with Gasteiger partial charge < -0.3 is 10.6 Å². The Labute approximate surface area is 146 Å². The molecule has 1 amide bonds. The molecule has 24 heavy (non-hydrogen) atoms. The monoisotopic (exact) mass is 359 g/mol. The summed E-state index contributed by atoms with van der Waals surface area (Å²) in [6.07, 6.45) is 1.46. The van der Waals surface area contributed by atoms with Crippen LogP contribution in [0.2, 0.25) is 0 Å². The largest absolute Gasteiger partial charge is 0.337 e. The summed E-state index contributed by atoms with van der Waals surface area (Å²) in [6, 6.07) is 0.000511. The van der Waals surface area contributed by atoms with Crippen LogP contribution in [0.25, 0.3) is 0 Å². The highest BCUT2D eigenvalue weighted by Crippen LogP contribution is 2.28. The number of carbonyl (C=O) groups is 1. The maximum Gasteiger partial charge on any atom is 0.237 e. The van der Waals surface area contributed by atoms with Crippen LogP contribution in [-0.2, 0) is 14.6 Å². The Kier molecular flexibility index (Phi) is 5.98.